The Morgan fingerprint density at radius 1 is 1.17 bits per heavy atom. The second kappa shape index (κ2) is 7.89. The lowest BCUT2D eigenvalue weighted by Crippen LogP contribution is -2.67. The molecule has 1 spiro atoms. The van der Waals surface area contributed by atoms with Crippen molar-refractivity contribution in [2.75, 3.05) is 18.8 Å². The van der Waals surface area contributed by atoms with Crippen LogP contribution in [0.1, 0.15) is 28.8 Å². The van der Waals surface area contributed by atoms with Crippen molar-refractivity contribution in [2.45, 2.75) is 25.5 Å². The predicted molar refractivity (Wildman–Crippen MR) is 114 cm³/mol. The highest BCUT2D eigenvalue weighted by atomic mass is 35.5. The Hall–Kier alpha value is -2.64. The van der Waals surface area contributed by atoms with Gasteiger partial charge in [-0.25, -0.2) is 4.79 Å². The van der Waals surface area contributed by atoms with Gasteiger partial charge in [0.1, 0.15) is 12.4 Å². The van der Waals surface area contributed by atoms with Crippen molar-refractivity contribution in [2.24, 2.45) is 5.41 Å². The van der Waals surface area contributed by atoms with E-state index in [1.807, 2.05) is 0 Å². The Balaban J connectivity index is 1.21. The minimum atomic E-state index is -0.374. The number of halogens is 2. The molecule has 0 bridgehead atoms. The molecule has 2 aromatic rings. The van der Waals surface area contributed by atoms with Gasteiger partial charge >= 0.3 is 6.09 Å². The Labute approximate surface area is 183 Å². The third-order valence-electron chi connectivity index (χ3n) is 5.58. The molecule has 4 rings (SSSR count). The molecule has 2 amide bonds. The topological polar surface area (TPSA) is 105 Å². The van der Waals surface area contributed by atoms with E-state index < -0.39 is 0 Å². The molecule has 9 heteroatoms. The zero-order valence-corrected chi connectivity index (χ0v) is 17.5. The van der Waals surface area contributed by atoms with Gasteiger partial charge in [-0.1, -0.05) is 23.2 Å². The molecule has 2 fully saturated rings. The molecule has 1 aliphatic carbocycles. The van der Waals surface area contributed by atoms with Gasteiger partial charge in [0.05, 0.1) is 5.69 Å². The number of ether oxygens (including phenoxy) is 1. The number of likely N-dealkylation sites (tertiary alicyclic amines) is 1. The Morgan fingerprint density at radius 3 is 2.47 bits per heavy atom. The first-order valence-electron chi connectivity index (χ1n) is 9.49. The van der Waals surface area contributed by atoms with E-state index in [-0.39, 0.29) is 41.5 Å². The second-order valence-electron chi connectivity index (χ2n) is 8.04. The molecule has 2 aliphatic rings. The molecule has 1 saturated heterocycles. The first-order chi connectivity index (χ1) is 14.2. The van der Waals surface area contributed by atoms with Gasteiger partial charge in [0, 0.05) is 40.2 Å². The van der Waals surface area contributed by atoms with Crippen LogP contribution in [0, 0.1) is 5.41 Å². The van der Waals surface area contributed by atoms with Crippen LogP contribution in [0.4, 0.5) is 10.5 Å². The van der Waals surface area contributed by atoms with Crippen LogP contribution >= 0.6 is 23.2 Å². The number of carbonyl (C=O) groups is 2. The average Bonchev–Trinajstić information content (AvgIpc) is 2.62. The van der Waals surface area contributed by atoms with E-state index in [2.05, 4.69) is 5.32 Å². The van der Waals surface area contributed by atoms with E-state index in [0.717, 1.165) is 18.4 Å². The molecule has 1 saturated carbocycles. The highest BCUT2D eigenvalue weighted by Crippen LogP contribution is 2.48. The van der Waals surface area contributed by atoms with Crippen LogP contribution in [0.2, 0.25) is 10.0 Å². The highest BCUT2D eigenvalue weighted by Gasteiger charge is 2.54. The quantitative estimate of drug-likeness (QED) is 0.486. The van der Waals surface area contributed by atoms with Crippen molar-refractivity contribution < 1.29 is 19.4 Å². The van der Waals surface area contributed by atoms with Crippen molar-refractivity contribution in [1.29, 1.82) is 0 Å². The highest BCUT2D eigenvalue weighted by molar-refractivity contribution is 6.34. The number of aromatic hydroxyl groups is 1. The number of nitrogens with zero attached hydrogens (tertiary/aromatic N) is 1. The lowest BCUT2D eigenvalue weighted by molar-refractivity contribution is -0.0693. The number of hydrogen-bond donors (Lipinski definition) is 3. The number of amides is 2. The first-order valence-corrected chi connectivity index (χ1v) is 10.2. The van der Waals surface area contributed by atoms with Crippen LogP contribution in [0.3, 0.4) is 0 Å². The standard InChI is InChI=1S/C21H21Cl2N3O4/c22-14-3-12(4-15(23)6-14)9-30-20(29)26-10-21(11-26)7-16(8-21)25-19(28)13-1-2-17(24)18(27)5-13/h1-6,16,27H,7-11,24H2,(H,25,28). The van der Waals surface area contributed by atoms with Crippen molar-refractivity contribution >= 4 is 40.9 Å². The molecular formula is C21H21Cl2N3O4. The zero-order chi connectivity index (χ0) is 21.5. The normalized spacial score (nSPS) is 17.2. The maximum absolute atomic E-state index is 12.3. The van der Waals surface area contributed by atoms with Gasteiger partial charge in [0.15, 0.2) is 0 Å². The number of hydrogen-bond acceptors (Lipinski definition) is 5. The van der Waals surface area contributed by atoms with Crippen molar-refractivity contribution in [3.63, 3.8) is 0 Å². The Morgan fingerprint density at radius 2 is 1.83 bits per heavy atom. The molecule has 1 heterocycles. The molecular weight excluding hydrogens is 429 g/mol. The van der Waals surface area contributed by atoms with Crippen molar-refractivity contribution in [3.05, 3.63) is 57.6 Å². The maximum atomic E-state index is 12.3. The molecule has 0 radical (unpaired) electrons. The number of nitrogens with two attached hydrogens (primary N) is 1. The summed E-state index contributed by atoms with van der Waals surface area (Å²) < 4.78 is 5.34. The number of nitrogens with one attached hydrogen (secondary N) is 1. The van der Waals surface area contributed by atoms with Crippen molar-refractivity contribution in [3.8, 4) is 5.75 Å². The Kier molecular flexibility index (Phi) is 5.42. The van der Waals surface area contributed by atoms with Crippen LogP contribution in [0.5, 0.6) is 5.75 Å². The van der Waals surface area contributed by atoms with Gasteiger partial charge in [0.2, 0.25) is 0 Å². The van der Waals surface area contributed by atoms with Gasteiger partial charge in [-0.05, 0) is 54.8 Å². The largest absolute Gasteiger partial charge is 0.506 e. The van der Waals surface area contributed by atoms with Gasteiger partial charge < -0.3 is 25.8 Å². The van der Waals surface area contributed by atoms with E-state index in [0.29, 0.717) is 28.7 Å². The number of carbonyl (C=O) groups excluding carboxylic acids is 2. The van der Waals surface area contributed by atoms with E-state index >= 15 is 0 Å². The number of rotatable bonds is 4. The van der Waals surface area contributed by atoms with Gasteiger partial charge in [-0.2, -0.15) is 0 Å². The fourth-order valence-corrected chi connectivity index (χ4v) is 4.69. The summed E-state index contributed by atoms with van der Waals surface area (Å²) in [5.41, 5.74) is 6.93. The number of phenols is 1. The third kappa shape index (κ3) is 4.27. The first kappa shape index (κ1) is 20.6. The van der Waals surface area contributed by atoms with E-state index in [9.17, 15) is 14.7 Å². The molecule has 1 aliphatic heterocycles. The van der Waals surface area contributed by atoms with Crippen LogP contribution in [-0.4, -0.2) is 41.1 Å². The van der Waals surface area contributed by atoms with Gasteiger partial charge in [0.25, 0.3) is 5.91 Å². The number of phenolic OH excluding ortho intramolecular Hbond substituents is 1. The minimum absolute atomic E-state index is 0.0413. The lowest BCUT2D eigenvalue weighted by Gasteiger charge is -2.58. The van der Waals surface area contributed by atoms with Crippen LogP contribution in [0.15, 0.2) is 36.4 Å². The molecule has 7 nitrogen and oxygen atoms in total. The fourth-order valence-electron chi connectivity index (χ4n) is 4.12. The van der Waals surface area contributed by atoms with Gasteiger partial charge in [-0.15, -0.1) is 0 Å². The van der Waals surface area contributed by atoms with Crippen molar-refractivity contribution in [1.82, 2.24) is 10.2 Å². The molecule has 30 heavy (non-hydrogen) atoms. The van der Waals surface area contributed by atoms with E-state index in [4.69, 9.17) is 33.7 Å². The summed E-state index contributed by atoms with van der Waals surface area (Å²) in [5, 5.41) is 13.6. The monoisotopic (exact) mass is 449 g/mol. The summed E-state index contributed by atoms with van der Waals surface area (Å²) in [6, 6.07) is 9.51. The maximum Gasteiger partial charge on any atom is 0.410 e. The summed E-state index contributed by atoms with van der Waals surface area (Å²) >= 11 is 11.9. The zero-order valence-electron chi connectivity index (χ0n) is 16.0. The fraction of sp³-hybridized carbons (Fsp3) is 0.333. The smallest absolute Gasteiger partial charge is 0.410 e. The average molecular weight is 450 g/mol. The summed E-state index contributed by atoms with van der Waals surface area (Å²) in [6.45, 7) is 1.32. The second-order valence-corrected chi connectivity index (χ2v) is 8.91. The summed E-state index contributed by atoms with van der Waals surface area (Å²) in [6.07, 6.45) is 1.22. The molecule has 0 atom stereocenters. The molecule has 2 aromatic carbocycles. The number of nitrogen functional groups attached to an aromatic ring is 1. The predicted octanol–water partition coefficient (Wildman–Crippen LogP) is 3.81. The van der Waals surface area contributed by atoms with E-state index in [1.54, 1.807) is 29.2 Å². The number of anilines is 1. The SMILES string of the molecule is Nc1ccc(C(=O)NC2CC3(C2)CN(C(=O)OCc2cc(Cl)cc(Cl)c2)C3)cc1O. The molecule has 4 N–H and O–H groups in total. The summed E-state index contributed by atoms with van der Waals surface area (Å²) in [7, 11) is 0. The van der Waals surface area contributed by atoms with E-state index in [1.165, 1.54) is 12.1 Å². The Bertz CT molecular complexity index is 979. The van der Waals surface area contributed by atoms with Gasteiger partial charge in [-0.3, -0.25) is 4.79 Å². The molecule has 0 unspecified atom stereocenters. The van der Waals surface area contributed by atoms with Crippen LogP contribution in [0.25, 0.3) is 0 Å². The summed E-state index contributed by atoms with van der Waals surface area (Å²) in [4.78, 5) is 26.2. The third-order valence-corrected chi connectivity index (χ3v) is 6.02. The van der Waals surface area contributed by atoms with Crippen LogP contribution < -0.4 is 11.1 Å². The lowest BCUT2D eigenvalue weighted by atomic mass is 9.61. The minimum Gasteiger partial charge on any atom is -0.506 e. The van der Waals surface area contributed by atoms with Crippen LogP contribution in [-0.2, 0) is 11.3 Å². The number of benzene rings is 2. The summed E-state index contributed by atoms with van der Waals surface area (Å²) in [5.74, 6) is -0.359. The molecule has 158 valence electrons. The molecule has 0 aromatic heterocycles.